The minimum absolute atomic E-state index is 0.263. The Labute approximate surface area is 59.1 Å². The van der Waals surface area contributed by atoms with Crippen molar-refractivity contribution < 1.29 is 19.7 Å². The van der Waals surface area contributed by atoms with Crippen LogP contribution in [-0.4, -0.2) is 12.0 Å². The quantitative estimate of drug-likeness (QED) is 0.504. The van der Waals surface area contributed by atoms with E-state index < -0.39 is 24.8 Å². The number of aliphatic carboxylic acids is 1. The van der Waals surface area contributed by atoms with Crippen molar-refractivity contribution in [1.82, 2.24) is 0 Å². The lowest BCUT2D eigenvalue weighted by Gasteiger charge is -2.14. The molecule has 3 N–H and O–H groups in total. The van der Waals surface area contributed by atoms with E-state index in [0.29, 0.717) is 0 Å². The van der Waals surface area contributed by atoms with Crippen molar-refractivity contribution in [2.24, 2.45) is 5.92 Å². The molecule has 2 atom stereocenters. The Kier molecular flexibility index (Phi) is 1.64. The molecule has 0 fully saturated rings. The van der Waals surface area contributed by atoms with Crippen molar-refractivity contribution in [2.45, 2.75) is 26.2 Å². The van der Waals surface area contributed by atoms with E-state index in [4.69, 9.17) is 4.11 Å². The molecule has 0 aliphatic carbocycles. The first-order valence-electron chi connectivity index (χ1n) is 4.34. The molecule has 0 amide bonds. The number of hydrogen-bond donors (Lipinski definition) is 1. The molecular weight excluding hydrogens is 118 g/mol. The van der Waals surface area contributed by atoms with Gasteiger partial charge in [0.2, 0.25) is 0 Å². The highest BCUT2D eigenvalue weighted by Gasteiger charge is 2.14. The largest absolute Gasteiger partial charge is 0.544 e. The van der Waals surface area contributed by atoms with Crippen LogP contribution in [0.4, 0.5) is 0 Å². The lowest BCUT2D eigenvalue weighted by Crippen LogP contribution is -2.70. The first-order chi connectivity index (χ1) is 5.30. The van der Waals surface area contributed by atoms with Gasteiger partial charge in [-0.25, -0.2) is 0 Å². The van der Waals surface area contributed by atoms with Crippen LogP contribution in [-0.2, 0) is 4.79 Å². The Morgan fingerprint density at radius 1 is 2.00 bits per heavy atom. The van der Waals surface area contributed by atoms with Crippen LogP contribution < -0.4 is 10.8 Å². The van der Waals surface area contributed by atoms with Crippen molar-refractivity contribution >= 4 is 5.97 Å². The van der Waals surface area contributed by atoms with Crippen LogP contribution in [0, 0.1) is 5.92 Å². The standard InChI is InChI=1S/C6H13NO2/c1-3-4(2)5(7)6(8)9/h4-5H,3,7H2,1-2H3,(H,8,9)/t4-,5+/m1/s1/i2D3. The maximum atomic E-state index is 10.3. The van der Waals surface area contributed by atoms with Gasteiger partial charge >= 0.3 is 0 Å². The Bertz CT molecular complexity index is 169. The molecular formula is C6H13NO2. The summed E-state index contributed by atoms with van der Waals surface area (Å²) in [6.07, 6.45) is 0.263. The van der Waals surface area contributed by atoms with Gasteiger partial charge in [-0.2, -0.15) is 0 Å². The number of carboxylic acid groups (broad SMARTS) is 1. The number of quaternary nitrogens is 1. The predicted molar refractivity (Wildman–Crippen MR) is 31.1 cm³/mol. The fourth-order valence-corrected chi connectivity index (χ4v) is 0.449. The monoisotopic (exact) mass is 134 g/mol. The van der Waals surface area contributed by atoms with E-state index in [-0.39, 0.29) is 6.42 Å². The summed E-state index contributed by atoms with van der Waals surface area (Å²) in [6, 6.07) is -1.16. The van der Waals surface area contributed by atoms with Gasteiger partial charge in [0, 0.05) is 10.0 Å². The molecule has 3 heteroatoms. The van der Waals surface area contributed by atoms with Crippen molar-refractivity contribution in [3.05, 3.63) is 0 Å². The van der Waals surface area contributed by atoms with Gasteiger partial charge < -0.3 is 15.6 Å². The molecule has 0 aromatic carbocycles. The summed E-state index contributed by atoms with van der Waals surface area (Å²) in [7, 11) is 0. The van der Waals surface area contributed by atoms with Crippen LogP contribution in [0.2, 0.25) is 0 Å². The van der Waals surface area contributed by atoms with E-state index in [1.54, 1.807) is 6.92 Å². The average Bonchev–Trinajstić information content (AvgIpc) is 1.85. The number of rotatable bonds is 3. The van der Waals surface area contributed by atoms with E-state index in [1.807, 2.05) is 0 Å². The first kappa shape index (κ1) is 4.28. The highest BCUT2D eigenvalue weighted by Crippen LogP contribution is 2.01. The number of carbonyl (C=O) groups excluding carboxylic acids is 1. The molecule has 9 heavy (non-hydrogen) atoms. The summed E-state index contributed by atoms with van der Waals surface area (Å²) in [5.74, 6) is -2.32. The zero-order valence-electron chi connectivity index (χ0n) is 8.39. The summed E-state index contributed by atoms with van der Waals surface area (Å²) >= 11 is 0. The van der Waals surface area contributed by atoms with E-state index in [0.717, 1.165) is 0 Å². The summed E-state index contributed by atoms with van der Waals surface area (Å²) in [6.45, 7) is -0.639. The summed E-state index contributed by atoms with van der Waals surface area (Å²) in [5.41, 5.74) is 3.25. The minimum Gasteiger partial charge on any atom is -0.544 e. The van der Waals surface area contributed by atoms with Gasteiger partial charge in [-0.1, -0.05) is 13.8 Å². The van der Waals surface area contributed by atoms with E-state index in [2.05, 4.69) is 5.73 Å². The van der Waals surface area contributed by atoms with Crippen LogP contribution in [0.5, 0.6) is 0 Å². The number of carboxylic acids is 1. The van der Waals surface area contributed by atoms with Crippen LogP contribution >= 0.6 is 0 Å². The second-order valence-corrected chi connectivity index (χ2v) is 1.94. The van der Waals surface area contributed by atoms with E-state index >= 15 is 0 Å². The number of hydrogen-bond acceptors (Lipinski definition) is 2. The normalized spacial score (nSPS) is 23.1. The molecule has 3 nitrogen and oxygen atoms in total. The molecule has 0 aliphatic heterocycles. The van der Waals surface area contributed by atoms with Gasteiger partial charge in [0.05, 0.1) is 5.97 Å². The summed E-state index contributed by atoms with van der Waals surface area (Å²) in [4.78, 5) is 10.3. The van der Waals surface area contributed by atoms with Gasteiger partial charge in [-0.15, -0.1) is 0 Å². The molecule has 0 aromatic rings. The fourth-order valence-electron chi connectivity index (χ4n) is 0.449. The Morgan fingerprint density at radius 3 is 2.67 bits per heavy atom. The molecule has 0 bridgehead atoms. The molecule has 0 saturated carbocycles. The molecule has 0 radical (unpaired) electrons. The van der Waals surface area contributed by atoms with Crippen LogP contribution in [0.15, 0.2) is 0 Å². The SMILES string of the molecule is [2H]C([2H])([2H])[C@H](CC)[C@H]([NH3+])C(=O)[O-]. The number of carbonyl (C=O) groups is 1. The summed E-state index contributed by atoms with van der Waals surface area (Å²) in [5, 5.41) is 10.3. The molecule has 0 heterocycles. The van der Waals surface area contributed by atoms with Gasteiger partial charge in [0.1, 0.15) is 6.04 Å². The third-order valence-corrected chi connectivity index (χ3v) is 1.23. The van der Waals surface area contributed by atoms with Crippen molar-refractivity contribution in [3.8, 4) is 0 Å². The topological polar surface area (TPSA) is 67.8 Å². The zero-order valence-corrected chi connectivity index (χ0v) is 5.39. The molecule has 0 saturated heterocycles. The van der Waals surface area contributed by atoms with Gasteiger partial charge in [-0.3, -0.25) is 0 Å². The maximum absolute atomic E-state index is 10.3. The Morgan fingerprint density at radius 2 is 2.56 bits per heavy atom. The highest BCUT2D eigenvalue weighted by molar-refractivity contribution is 5.69. The van der Waals surface area contributed by atoms with Crippen molar-refractivity contribution in [3.63, 3.8) is 0 Å². The smallest absolute Gasteiger partial charge is 0.127 e. The fraction of sp³-hybridized carbons (Fsp3) is 0.833. The van der Waals surface area contributed by atoms with Gasteiger partial charge in [-0.05, 0) is 6.42 Å². The predicted octanol–water partition coefficient (Wildman–Crippen LogP) is -1.61. The lowest BCUT2D eigenvalue weighted by atomic mass is 10.0. The Balaban J connectivity index is 4.45. The lowest BCUT2D eigenvalue weighted by molar-refractivity contribution is -0.447. The molecule has 0 spiro atoms. The molecule has 0 rings (SSSR count). The second-order valence-electron chi connectivity index (χ2n) is 1.94. The van der Waals surface area contributed by atoms with Crippen molar-refractivity contribution in [2.75, 3.05) is 0 Å². The average molecular weight is 134 g/mol. The van der Waals surface area contributed by atoms with Crippen molar-refractivity contribution in [1.29, 1.82) is 0 Å². The van der Waals surface area contributed by atoms with Gasteiger partial charge in [0.15, 0.2) is 0 Å². The highest BCUT2D eigenvalue weighted by atomic mass is 16.4. The third kappa shape index (κ3) is 2.46. The third-order valence-electron chi connectivity index (χ3n) is 1.23. The molecule has 0 unspecified atom stereocenters. The van der Waals surface area contributed by atoms with Crippen LogP contribution in [0.25, 0.3) is 0 Å². The molecule has 0 aromatic heterocycles. The molecule has 0 aliphatic rings. The van der Waals surface area contributed by atoms with Crippen LogP contribution in [0.1, 0.15) is 24.3 Å². The molecule has 54 valence electrons. The van der Waals surface area contributed by atoms with Crippen LogP contribution in [0.3, 0.4) is 0 Å². The minimum atomic E-state index is -2.26. The first-order valence-corrected chi connectivity index (χ1v) is 2.84. The Hall–Kier alpha value is -0.570. The summed E-state index contributed by atoms with van der Waals surface area (Å²) < 4.78 is 21.0. The second kappa shape index (κ2) is 3.45. The van der Waals surface area contributed by atoms with Gasteiger partial charge in [0.25, 0.3) is 0 Å². The maximum Gasteiger partial charge on any atom is 0.127 e. The van der Waals surface area contributed by atoms with E-state index in [1.165, 1.54) is 0 Å². The zero-order chi connectivity index (χ0) is 9.94. The van der Waals surface area contributed by atoms with E-state index in [9.17, 15) is 9.90 Å².